The predicted molar refractivity (Wildman–Crippen MR) is 89.1 cm³/mol. The Balaban J connectivity index is 1.82. The van der Waals surface area contributed by atoms with Gasteiger partial charge in [-0.2, -0.15) is 0 Å². The van der Waals surface area contributed by atoms with Crippen LogP contribution in [0.3, 0.4) is 0 Å². The molecule has 2 aromatic rings. The molecule has 1 N–H and O–H groups in total. The van der Waals surface area contributed by atoms with Crippen molar-refractivity contribution in [2.45, 2.75) is 13.3 Å². The van der Waals surface area contributed by atoms with Crippen LogP contribution < -0.4 is 10.1 Å². The lowest BCUT2D eigenvalue weighted by molar-refractivity contribution is -0.116. The number of nitrogens with one attached hydrogen (secondary N) is 1. The van der Waals surface area contributed by atoms with E-state index in [1.54, 1.807) is 12.1 Å². The van der Waals surface area contributed by atoms with Gasteiger partial charge in [0.05, 0.1) is 13.0 Å². The summed E-state index contributed by atoms with van der Waals surface area (Å²) in [4.78, 5) is 11.9. The van der Waals surface area contributed by atoms with Gasteiger partial charge in [0.25, 0.3) is 0 Å². The lowest BCUT2D eigenvalue weighted by Crippen LogP contribution is -2.15. The van der Waals surface area contributed by atoms with Gasteiger partial charge in [-0.3, -0.25) is 4.79 Å². The Morgan fingerprint density at radius 1 is 1.29 bits per heavy atom. The number of ether oxygens (including phenoxy) is 1. The van der Waals surface area contributed by atoms with Crippen molar-refractivity contribution in [1.82, 2.24) is 0 Å². The van der Waals surface area contributed by atoms with Crippen LogP contribution >= 0.6 is 27.5 Å². The molecule has 2 rings (SSSR count). The molecular weight excluding hydrogens is 354 g/mol. The van der Waals surface area contributed by atoms with Gasteiger partial charge in [0.15, 0.2) is 0 Å². The summed E-state index contributed by atoms with van der Waals surface area (Å²) in [6.07, 6.45) is 0.286. The van der Waals surface area contributed by atoms with E-state index in [2.05, 4.69) is 21.2 Å². The van der Waals surface area contributed by atoms with Gasteiger partial charge in [-0.05, 0) is 48.9 Å². The minimum absolute atomic E-state index is 0.0876. The van der Waals surface area contributed by atoms with Gasteiger partial charge < -0.3 is 10.1 Å². The zero-order valence-corrected chi connectivity index (χ0v) is 13.9. The number of carbonyl (C=O) groups excluding carboxylic acids is 1. The smallest absolute Gasteiger partial charge is 0.227 e. The average molecular weight is 369 g/mol. The van der Waals surface area contributed by atoms with E-state index in [-0.39, 0.29) is 12.3 Å². The zero-order valence-electron chi connectivity index (χ0n) is 11.5. The molecule has 0 unspecified atom stereocenters. The first-order valence-corrected chi connectivity index (χ1v) is 7.66. The lowest BCUT2D eigenvalue weighted by Gasteiger charge is -2.09. The maximum absolute atomic E-state index is 11.9. The van der Waals surface area contributed by atoms with Crippen LogP contribution in [0.5, 0.6) is 5.75 Å². The molecule has 0 spiro atoms. The summed E-state index contributed by atoms with van der Waals surface area (Å²) in [6, 6.07) is 12.9. The summed E-state index contributed by atoms with van der Waals surface area (Å²) in [7, 11) is 0. The maximum atomic E-state index is 11.9. The fourth-order valence-corrected chi connectivity index (χ4v) is 2.40. The lowest BCUT2D eigenvalue weighted by atomic mass is 10.2. The fraction of sp³-hybridized carbons (Fsp3) is 0.188. The molecule has 0 saturated carbocycles. The normalized spacial score (nSPS) is 10.2. The molecule has 0 saturated heterocycles. The van der Waals surface area contributed by atoms with Crippen molar-refractivity contribution in [2.75, 3.05) is 11.9 Å². The molecule has 0 aliphatic carbocycles. The Morgan fingerprint density at radius 2 is 2.10 bits per heavy atom. The maximum Gasteiger partial charge on any atom is 0.227 e. The Morgan fingerprint density at radius 3 is 2.81 bits per heavy atom. The third kappa shape index (κ3) is 5.06. The first kappa shape index (κ1) is 15.9. The summed E-state index contributed by atoms with van der Waals surface area (Å²) in [6.45, 7) is 2.23. The highest BCUT2D eigenvalue weighted by molar-refractivity contribution is 9.10. The molecule has 0 aliphatic heterocycles. The van der Waals surface area contributed by atoms with E-state index in [1.165, 1.54) is 0 Å². The van der Waals surface area contributed by atoms with E-state index >= 15 is 0 Å². The predicted octanol–water partition coefficient (Wildman–Crippen LogP) is 4.82. The Bertz CT molecular complexity index is 646. The van der Waals surface area contributed by atoms with E-state index < -0.39 is 0 Å². The molecule has 0 aliphatic rings. The second-order valence-corrected chi connectivity index (χ2v) is 5.92. The van der Waals surface area contributed by atoms with Crippen molar-refractivity contribution < 1.29 is 9.53 Å². The van der Waals surface area contributed by atoms with Gasteiger partial charge in [0, 0.05) is 15.2 Å². The molecular formula is C16H15BrClNO2. The molecule has 0 heterocycles. The average Bonchev–Trinajstić information content (AvgIpc) is 2.42. The highest BCUT2D eigenvalue weighted by Gasteiger charge is 2.06. The summed E-state index contributed by atoms with van der Waals surface area (Å²) in [5.41, 5.74) is 1.70. The first-order valence-electron chi connectivity index (χ1n) is 6.49. The molecule has 0 fully saturated rings. The Kier molecular flexibility index (Phi) is 5.65. The molecule has 2 aromatic carbocycles. The van der Waals surface area contributed by atoms with Gasteiger partial charge in [-0.1, -0.05) is 33.6 Å². The molecule has 0 aromatic heterocycles. The summed E-state index contributed by atoms with van der Waals surface area (Å²) in [5.74, 6) is 0.648. The molecule has 110 valence electrons. The van der Waals surface area contributed by atoms with Crippen LogP contribution in [0.2, 0.25) is 5.02 Å². The van der Waals surface area contributed by atoms with Gasteiger partial charge in [-0.25, -0.2) is 0 Å². The van der Waals surface area contributed by atoms with Crippen molar-refractivity contribution in [2.24, 2.45) is 0 Å². The number of amides is 1. The highest BCUT2D eigenvalue weighted by atomic mass is 79.9. The van der Waals surface area contributed by atoms with Crippen LogP contribution in [0.15, 0.2) is 46.9 Å². The molecule has 0 bridgehead atoms. The number of aryl methyl sites for hydroxylation is 1. The fourth-order valence-electron chi connectivity index (χ4n) is 1.80. The monoisotopic (exact) mass is 367 g/mol. The van der Waals surface area contributed by atoms with E-state index in [1.807, 2.05) is 37.3 Å². The number of halogens is 2. The number of anilines is 1. The first-order chi connectivity index (χ1) is 10.0. The Labute approximate surface area is 137 Å². The minimum atomic E-state index is -0.0876. The van der Waals surface area contributed by atoms with Crippen molar-refractivity contribution in [3.8, 4) is 5.75 Å². The van der Waals surface area contributed by atoms with Gasteiger partial charge in [0.2, 0.25) is 5.91 Å². The van der Waals surface area contributed by atoms with Crippen LogP contribution in [0.25, 0.3) is 0 Å². The van der Waals surface area contributed by atoms with Crippen LogP contribution in [-0.2, 0) is 4.79 Å². The van der Waals surface area contributed by atoms with E-state index in [0.29, 0.717) is 11.6 Å². The molecule has 1 amide bonds. The number of rotatable bonds is 5. The van der Waals surface area contributed by atoms with Gasteiger partial charge >= 0.3 is 0 Å². The van der Waals surface area contributed by atoms with Gasteiger partial charge in [0.1, 0.15) is 5.75 Å². The van der Waals surface area contributed by atoms with Crippen LogP contribution in [-0.4, -0.2) is 12.5 Å². The molecule has 3 nitrogen and oxygen atoms in total. The van der Waals surface area contributed by atoms with Gasteiger partial charge in [-0.15, -0.1) is 0 Å². The van der Waals surface area contributed by atoms with E-state index in [0.717, 1.165) is 21.5 Å². The number of benzene rings is 2. The third-order valence-electron chi connectivity index (χ3n) is 2.86. The minimum Gasteiger partial charge on any atom is -0.493 e. The number of hydrogen-bond acceptors (Lipinski definition) is 2. The van der Waals surface area contributed by atoms with Crippen LogP contribution in [0.1, 0.15) is 12.0 Å². The second kappa shape index (κ2) is 7.48. The third-order valence-corrected chi connectivity index (χ3v) is 3.58. The van der Waals surface area contributed by atoms with Crippen LogP contribution in [0.4, 0.5) is 5.69 Å². The summed E-state index contributed by atoms with van der Waals surface area (Å²) < 4.78 is 6.48. The molecule has 5 heteroatoms. The van der Waals surface area contributed by atoms with Crippen molar-refractivity contribution in [3.05, 3.63) is 57.5 Å². The Hall–Kier alpha value is -1.52. The second-order valence-electron chi connectivity index (χ2n) is 4.56. The van der Waals surface area contributed by atoms with E-state index in [4.69, 9.17) is 16.3 Å². The number of hydrogen-bond donors (Lipinski definition) is 1. The van der Waals surface area contributed by atoms with Crippen molar-refractivity contribution >= 4 is 39.1 Å². The van der Waals surface area contributed by atoms with Crippen molar-refractivity contribution in [3.63, 3.8) is 0 Å². The van der Waals surface area contributed by atoms with Crippen LogP contribution in [0, 0.1) is 6.92 Å². The quantitative estimate of drug-likeness (QED) is 0.822. The van der Waals surface area contributed by atoms with Crippen molar-refractivity contribution in [1.29, 1.82) is 0 Å². The molecule has 0 atom stereocenters. The highest BCUT2D eigenvalue weighted by Crippen LogP contribution is 2.20. The zero-order chi connectivity index (χ0) is 15.2. The van der Waals surface area contributed by atoms with E-state index in [9.17, 15) is 4.79 Å². The largest absolute Gasteiger partial charge is 0.493 e. The summed E-state index contributed by atoms with van der Waals surface area (Å²) >= 11 is 9.25. The summed E-state index contributed by atoms with van der Waals surface area (Å²) in [5, 5.41) is 3.50. The SMILES string of the molecule is Cc1cc(Cl)ccc1NC(=O)CCOc1cccc(Br)c1. The molecule has 0 radical (unpaired) electrons. The standard InChI is InChI=1S/C16H15BrClNO2/c1-11-9-13(18)5-6-15(11)19-16(20)7-8-21-14-4-2-3-12(17)10-14/h2-6,9-10H,7-8H2,1H3,(H,19,20). The number of carbonyl (C=O) groups is 1. The molecule has 21 heavy (non-hydrogen) atoms. The topological polar surface area (TPSA) is 38.3 Å².